The van der Waals surface area contributed by atoms with Crippen molar-refractivity contribution in [2.75, 3.05) is 38.2 Å². The maximum absolute atomic E-state index is 13.6. The summed E-state index contributed by atoms with van der Waals surface area (Å²) < 4.78 is 0. The van der Waals surface area contributed by atoms with E-state index in [1.54, 1.807) is 0 Å². The summed E-state index contributed by atoms with van der Waals surface area (Å²) in [5.74, 6) is -4.61. The maximum Gasteiger partial charge on any atom is 0.326 e. The van der Waals surface area contributed by atoms with Crippen LogP contribution in [0.1, 0.15) is 37.7 Å². The van der Waals surface area contributed by atoms with Gasteiger partial charge in [-0.1, -0.05) is 12.1 Å². The van der Waals surface area contributed by atoms with Crippen molar-refractivity contribution in [3.8, 4) is 5.75 Å². The van der Waals surface area contributed by atoms with Crippen LogP contribution in [0.25, 0.3) is 0 Å². The Kier molecular flexibility index (Phi) is 17.1. The van der Waals surface area contributed by atoms with Crippen LogP contribution in [0.5, 0.6) is 5.75 Å². The number of thioether (sulfide) groups is 1. The molecule has 1 heterocycles. The molecule has 0 aliphatic carbocycles. The number of nitrogens with one attached hydrogen (secondary N) is 4. The smallest absolute Gasteiger partial charge is 0.326 e. The molecule has 0 aromatic heterocycles. The number of aliphatic imine (C=N–C) groups is 1. The minimum Gasteiger partial charge on any atom is -0.508 e. The Morgan fingerprint density at radius 1 is 0.939 bits per heavy atom. The maximum atomic E-state index is 13.6. The number of carboxylic acid groups (broad SMARTS) is 1. The molecule has 5 unspecified atom stereocenters. The zero-order chi connectivity index (χ0) is 36.5. The highest BCUT2D eigenvalue weighted by atomic mass is 32.2. The van der Waals surface area contributed by atoms with Crippen LogP contribution in [0.3, 0.4) is 0 Å². The molecule has 1 aliphatic heterocycles. The van der Waals surface area contributed by atoms with Crippen LogP contribution in [0.15, 0.2) is 29.3 Å². The van der Waals surface area contributed by atoms with Gasteiger partial charge in [0.2, 0.25) is 29.5 Å². The van der Waals surface area contributed by atoms with E-state index in [1.165, 1.54) is 40.9 Å². The van der Waals surface area contributed by atoms with Gasteiger partial charge in [-0.2, -0.15) is 11.8 Å². The molecule has 1 aromatic rings. The molecule has 49 heavy (non-hydrogen) atoms. The number of carbonyl (C=O) groups excluding carboxylic acids is 5. The zero-order valence-corrected chi connectivity index (χ0v) is 28.1. The molecule has 5 atom stereocenters. The molecule has 19 heteroatoms. The number of aliphatic hydroxyl groups excluding tert-OH is 1. The quantitative estimate of drug-likeness (QED) is 0.0361. The lowest BCUT2D eigenvalue weighted by atomic mass is 10.0. The predicted molar refractivity (Wildman–Crippen MR) is 181 cm³/mol. The van der Waals surface area contributed by atoms with Crippen molar-refractivity contribution in [1.82, 2.24) is 26.2 Å². The summed E-state index contributed by atoms with van der Waals surface area (Å²) in [6, 6.07) is -0.301. The summed E-state index contributed by atoms with van der Waals surface area (Å²) >= 11 is 1.42. The van der Waals surface area contributed by atoms with Gasteiger partial charge >= 0.3 is 5.97 Å². The van der Waals surface area contributed by atoms with Crippen molar-refractivity contribution >= 4 is 53.2 Å². The number of carbonyl (C=O) groups is 6. The highest BCUT2D eigenvalue weighted by molar-refractivity contribution is 7.98. The Labute approximate surface area is 288 Å². The molecular weight excluding hydrogens is 662 g/mol. The monoisotopic (exact) mass is 709 g/mol. The van der Waals surface area contributed by atoms with Gasteiger partial charge in [0.15, 0.2) is 5.96 Å². The number of aromatic hydroxyl groups is 1. The van der Waals surface area contributed by atoms with E-state index in [2.05, 4.69) is 26.3 Å². The van der Waals surface area contributed by atoms with Gasteiger partial charge in [-0.05, 0) is 61.8 Å². The molecular formula is C30H47N9O9S. The lowest BCUT2D eigenvalue weighted by Crippen LogP contribution is -2.60. The Morgan fingerprint density at radius 2 is 1.55 bits per heavy atom. The lowest BCUT2D eigenvalue weighted by Gasteiger charge is -2.29. The van der Waals surface area contributed by atoms with E-state index < -0.39 is 78.9 Å². The molecule has 1 aliphatic rings. The van der Waals surface area contributed by atoms with Gasteiger partial charge in [-0.3, -0.25) is 29.0 Å². The highest BCUT2D eigenvalue weighted by Crippen LogP contribution is 2.20. The minimum absolute atomic E-state index is 0.00918. The van der Waals surface area contributed by atoms with Gasteiger partial charge in [0, 0.05) is 19.5 Å². The average molecular weight is 710 g/mol. The summed E-state index contributed by atoms with van der Waals surface area (Å²) in [4.78, 5) is 82.6. The molecule has 1 aromatic carbocycles. The lowest BCUT2D eigenvalue weighted by molar-refractivity contribution is -0.149. The molecule has 18 nitrogen and oxygen atoms in total. The van der Waals surface area contributed by atoms with E-state index in [0.717, 1.165) is 0 Å². The summed E-state index contributed by atoms with van der Waals surface area (Å²) in [6.07, 6.45) is 2.94. The third-order valence-corrected chi connectivity index (χ3v) is 8.30. The first-order valence-corrected chi connectivity index (χ1v) is 17.1. The van der Waals surface area contributed by atoms with E-state index in [1.807, 2.05) is 6.26 Å². The Hall–Kier alpha value is -4.62. The van der Waals surface area contributed by atoms with Gasteiger partial charge in [-0.15, -0.1) is 0 Å². The topological polar surface area (TPSA) is 305 Å². The van der Waals surface area contributed by atoms with Crippen molar-refractivity contribution in [2.24, 2.45) is 22.2 Å². The van der Waals surface area contributed by atoms with E-state index in [0.29, 0.717) is 17.7 Å². The number of phenolic OH excluding ortho intramolecular Hbond substituents is 1. The average Bonchev–Trinajstić information content (AvgIpc) is 3.57. The number of aliphatic carboxylic acids is 1. The normalized spacial score (nSPS) is 16.4. The third kappa shape index (κ3) is 13.4. The molecule has 1 fully saturated rings. The number of rotatable bonds is 20. The number of aliphatic hydroxyl groups is 1. The number of guanidine groups is 1. The van der Waals surface area contributed by atoms with Crippen LogP contribution in [-0.2, 0) is 35.2 Å². The first-order valence-electron chi connectivity index (χ1n) is 15.7. The van der Waals surface area contributed by atoms with E-state index in [-0.39, 0.29) is 56.9 Å². The zero-order valence-electron chi connectivity index (χ0n) is 27.3. The van der Waals surface area contributed by atoms with Gasteiger partial charge in [0.25, 0.3) is 0 Å². The van der Waals surface area contributed by atoms with Crippen molar-refractivity contribution in [2.45, 2.75) is 68.7 Å². The van der Waals surface area contributed by atoms with E-state index in [9.17, 15) is 44.1 Å². The van der Waals surface area contributed by atoms with Crippen LogP contribution in [0.2, 0.25) is 0 Å². The largest absolute Gasteiger partial charge is 0.508 e. The molecule has 2 rings (SSSR count). The fourth-order valence-electron chi connectivity index (χ4n) is 5.09. The van der Waals surface area contributed by atoms with Crippen molar-refractivity contribution in [3.63, 3.8) is 0 Å². The molecule has 0 saturated carbocycles. The molecule has 5 amide bonds. The van der Waals surface area contributed by atoms with Crippen LogP contribution >= 0.6 is 11.8 Å². The summed E-state index contributed by atoms with van der Waals surface area (Å²) in [5, 5.41) is 39.2. The first-order chi connectivity index (χ1) is 23.3. The van der Waals surface area contributed by atoms with Gasteiger partial charge in [0.1, 0.15) is 36.0 Å². The van der Waals surface area contributed by atoms with E-state index >= 15 is 0 Å². The van der Waals surface area contributed by atoms with Crippen LogP contribution in [0, 0.1) is 0 Å². The summed E-state index contributed by atoms with van der Waals surface area (Å²) in [5.41, 5.74) is 16.7. The molecule has 0 radical (unpaired) electrons. The van der Waals surface area contributed by atoms with E-state index in [4.69, 9.17) is 17.2 Å². The molecule has 1 saturated heterocycles. The molecule has 0 bridgehead atoms. The van der Waals surface area contributed by atoms with Crippen molar-refractivity contribution < 1.29 is 44.1 Å². The van der Waals surface area contributed by atoms with Gasteiger partial charge in [0.05, 0.1) is 13.2 Å². The highest BCUT2D eigenvalue weighted by Gasteiger charge is 2.38. The summed E-state index contributed by atoms with van der Waals surface area (Å²) in [7, 11) is 0. The van der Waals surface area contributed by atoms with Crippen LogP contribution < -0.4 is 38.5 Å². The number of benzene rings is 1. The number of phenols is 1. The molecule has 272 valence electrons. The van der Waals surface area contributed by atoms with Gasteiger partial charge in [-0.25, -0.2) is 4.79 Å². The van der Waals surface area contributed by atoms with Crippen molar-refractivity contribution in [1.29, 1.82) is 0 Å². The van der Waals surface area contributed by atoms with Crippen LogP contribution in [0.4, 0.5) is 0 Å². The Balaban J connectivity index is 2.24. The standard InChI is InChI=1S/C30H47N9O9S/c1-49-13-10-20(28(46)39-12-3-5-23(39)29(47)48)37-25(43)19(4-2-11-34-30(32)33)36-27(45)22(16-40)38-26(44)21(35-24(42)15-31)14-17-6-8-18(41)9-7-17/h6-9,19-23,40-41H,2-5,10-16,31H2,1H3,(H,35,42)(H,36,45)(H,37,43)(H,38,44)(H,47,48)(H4,32,33,34). The third-order valence-electron chi connectivity index (χ3n) is 7.65. The predicted octanol–water partition coefficient (Wildman–Crippen LogP) is -3.29. The number of hydrogen-bond donors (Lipinski definition) is 10. The van der Waals surface area contributed by atoms with Crippen molar-refractivity contribution in [3.05, 3.63) is 29.8 Å². The van der Waals surface area contributed by atoms with Gasteiger partial charge < -0.3 is 58.7 Å². The number of hydrogen-bond acceptors (Lipinski definition) is 11. The number of amides is 5. The fraction of sp³-hybridized carbons (Fsp3) is 0.567. The molecule has 13 N–H and O–H groups in total. The fourth-order valence-corrected chi connectivity index (χ4v) is 5.57. The second-order valence-electron chi connectivity index (χ2n) is 11.3. The minimum atomic E-state index is -1.56. The SMILES string of the molecule is CSCCC(NC(=O)C(CCCN=C(N)N)NC(=O)C(CO)NC(=O)C(Cc1ccc(O)cc1)NC(=O)CN)C(=O)N1CCCC1C(=O)O. The Morgan fingerprint density at radius 3 is 2.14 bits per heavy atom. The first kappa shape index (κ1) is 40.6. The number of nitrogens with two attached hydrogens (primary N) is 3. The second-order valence-corrected chi connectivity index (χ2v) is 12.3. The number of carboxylic acids is 1. The number of nitrogens with zero attached hydrogens (tertiary/aromatic N) is 2. The number of likely N-dealkylation sites (tertiary alicyclic amines) is 1. The molecule has 0 spiro atoms. The van der Waals surface area contributed by atoms with Crippen LogP contribution in [-0.4, -0.2) is 130 Å². The summed E-state index contributed by atoms with van der Waals surface area (Å²) in [6.45, 7) is -0.978. The second kappa shape index (κ2) is 20.7. The Bertz CT molecular complexity index is 1330.